The molecular weight excluding hydrogens is 507 g/mol. The molecule has 1 amide bonds. The summed E-state index contributed by atoms with van der Waals surface area (Å²) in [5.41, 5.74) is 2.01. The van der Waals surface area contributed by atoms with Crippen molar-refractivity contribution in [2.75, 3.05) is 11.5 Å². The second-order valence-corrected chi connectivity index (χ2v) is 11.6. The lowest BCUT2D eigenvalue weighted by atomic mass is 10.0. The van der Waals surface area contributed by atoms with Gasteiger partial charge in [0.1, 0.15) is 11.6 Å². The Morgan fingerprint density at radius 1 is 1.16 bits per heavy atom. The van der Waals surface area contributed by atoms with Crippen molar-refractivity contribution < 1.29 is 31.8 Å². The van der Waals surface area contributed by atoms with E-state index >= 15 is 0 Å². The van der Waals surface area contributed by atoms with Crippen molar-refractivity contribution in [3.05, 3.63) is 78.5 Å². The van der Waals surface area contributed by atoms with Crippen LogP contribution in [0.5, 0.6) is 5.75 Å². The van der Waals surface area contributed by atoms with Gasteiger partial charge in [-0.15, -0.1) is 0 Å². The van der Waals surface area contributed by atoms with E-state index in [1.807, 2.05) is 0 Å². The normalized spacial score (nSPS) is 19.8. The molecule has 3 heterocycles. The fourth-order valence-corrected chi connectivity index (χ4v) is 6.79. The summed E-state index contributed by atoms with van der Waals surface area (Å²) in [6, 6.07) is 12.3. The summed E-state index contributed by atoms with van der Waals surface area (Å²) >= 11 is 0. The lowest BCUT2D eigenvalue weighted by Crippen LogP contribution is -2.46. The topological polar surface area (TPSA) is 96.6 Å². The number of aromatic nitrogens is 2. The molecule has 2 aromatic carbocycles. The summed E-state index contributed by atoms with van der Waals surface area (Å²) in [4.78, 5) is 17.2. The number of hydrogen-bond donors (Lipinski definition) is 3. The molecule has 7 nitrogen and oxygen atoms in total. The minimum atomic E-state index is -3.00. The molecule has 1 unspecified atom stereocenters. The van der Waals surface area contributed by atoms with Crippen molar-refractivity contribution in [3.8, 4) is 22.6 Å². The number of carbonyl (C=O) groups excluding carboxylic acids is 1. The van der Waals surface area contributed by atoms with Gasteiger partial charge in [0.25, 0.3) is 5.91 Å². The Hall–Kier alpha value is -3.54. The number of rotatable bonds is 6. The van der Waals surface area contributed by atoms with Crippen LogP contribution in [0, 0.1) is 5.82 Å². The van der Waals surface area contributed by atoms with E-state index in [0.717, 1.165) is 0 Å². The first-order valence-corrected chi connectivity index (χ1v) is 13.3. The first-order valence-electron chi connectivity index (χ1n) is 11.4. The Bertz CT molecular complexity index is 1480. The largest absolute Gasteiger partial charge is 0.433 e. The van der Waals surface area contributed by atoms with E-state index in [0.29, 0.717) is 39.7 Å². The van der Waals surface area contributed by atoms with Gasteiger partial charge < -0.3 is 14.6 Å². The van der Waals surface area contributed by atoms with Crippen LogP contribution in [0.4, 0.5) is 13.2 Å². The second kappa shape index (κ2) is 9.40. The van der Waals surface area contributed by atoms with E-state index in [1.54, 1.807) is 48.0 Å². The van der Waals surface area contributed by atoms with E-state index in [9.17, 15) is 27.1 Å². The number of halogens is 3. The van der Waals surface area contributed by atoms with Crippen LogP contribution in [-0.4, -0.2) is 48.2 Å². The Morgan fingerprint density at radius 2 is 1.92 bits per heavy atom. The number of hydrogen-bond acceptors (Lipinski definition) is 5. The van der Waals surface area contributed by atoms with Gasteiger partial charge in [0.2, 0.25) is 0 Å². The zero-order valence-corrected chi connectivity index (χ0v) is 20.5. The molecule has 1 fully saturated rings. The summed E-state index contributed by atoms with van der Waals surface area (Å²) in [7, 11) is -2.71. The molecule has 1 aliphatic rings. The summed E-state index contributed by atoms with van der Waals surface area (Å²) < 4.78 is 65.4. The van der Waals surface area contributed by atoms with E-state index in [-0.39, 0.29) is 23.2 Å². The third kappa shape index (κ3) is 5.29. The highest BCUT2D eigenvalue weighted by atomic mass is 32.3. The van der Waals surface area contributed by atoms with Gasteiger partial charge in [-0.1, -0.05) is 6.07 Å². The van der Waals surface area contributed by atoms with Gasteiger partial charge in [-0.3, -0.25) is 18.9 Å². The van der Waals surface area contributed by atoms with Crippen molar-refractivity contribution in [3.63, 3.8) is 0 Å². The molecule has 1 saturated heterocycles. The molecule has 11 heteroatoms. The number of ether oxygens (including phenoxy) is 1. The van der Waals surface area contributed by atoms with E-state index in [4.69, 9.17) is 0 Å². The summed E-state index contributed by atoms with van der Waals surface area (Å²) in [6.45, 7) is -1.21. The lowest BCUT2D eigenvalue weighted by Gasteiger charge is -2.30. The molecule has 37 heavy (non-hydrogen) atoms. The number of amides is 1. The average molecular weight is 532 g/mol. The molecule has 5 rings (SSSR count). The number of carbonyl (C=O) groups is 1. The predicted octanol–water partition coefficient (Wildman–Crippen LogP) is 6.08. The van der Waals surface area contributed by atoms with Crippen molar-refractivity contribution in [1.82, 2.24) is 14.9 Å². The number of nitrogens with zero attached hydrogens (tertiary/aromatic N) is 2. The Balaban J connectivity index is 1.58. The molecule has 4 aromatic rings. The van der Waals surface area contributed by atoms with Gasteiger partial charge in [0.05, 0.1) is 23.0 Å². The standard InChI is InChI=1S/C26H24F3N3O4S/c1-26(8-9-37(34,35)15-26)31-24(33)16-2-7-21-22(17-10-20(13-30-12-17)36-25(28)29)14-32(23(21)11-16)19-5-3-18(27)4-6-19/h2-7,10-14,25,34-35H,8-9,15H2,1H3,(H,31,33). The molecule has 0 spiro atoms. The van der Waals surface area contributed by atoms with Crippen LogP contribution < -0.4 is 10.1 Å². The van der Waals surface area contributed by atoms with Gasteiger partial charge >= 0.3 is 6.61 Å². The molecule has 3 N–H and O–H groups in total. The average Bonchev–Trinajstić information content (AvgIpc) is 3.35. The molecule has 2 aromatic heterocycles. The highest BCUT2D eigenvalue weighted by Gasteiger charge is 2.39. The maximum atomic E-state index is 13.6. The van der Waals surface area contributed by atoms with Gasteiger partial charge in [0, 0.05) is 45.9 Å². The minimum absolute atomic E-state index is 0.0914. The van der Waals surface area contributed by atoms with Crippen molar-refractivity contribution >= 4 is 27.4 Å². The number of pyridine rings is 1. The first-order chi connectivity index (χ1) is 17.5. The maximum absolute atomic E-state index is 13.6. The Morgan fingerprint density at radius 3 is 2.59 bits per heavy atom. The third-order valence-corrected chi connectivity index (χ3v) is 8.33. The van der Waals surface area contributed by atoms with Gasteiger partial charge in [-0.2, -0.15) is 19.4 Å². The fraction of sp³-hybridized carbons (Fsp3) is 0.231. The third-order valence-electron chi connectivity index (χ3n) is 6.37. The summed E-state index contributed by atoms with van der Waals surface area (Å²) in [5.74, 6) is -0.543. The zero-order valence-electron chi connectivity index (χ0n) is 19.7. The predicted molar refractivity (Wildman–Crippen MR) is 136 cm³/mol. The SMILES string of the molecule is CC1(NC(=O)c2ccc3c(-c4cncc(OC(F)F)c4)cn(-c4ccc(F)cc4)c3c2)CCS(O)(O)C1. The Kier molecular flexibility index (Phi) is 6.38. The summed E-state index contributed by atoms with van der Waals surface area (Å²) in [5, 5.41) is 3.63. The van der Waals surface area contributed by atoms with Gasteiger partial charge in [-0.05, 0) is 55.8 Å². The molecule has 1 atom stereocenters. The zero-order chi connectivity index (χ0) is 26.4. The number of nitrogens with one attached hydrogen (secondary N) is 1. The number of alkyl halides is 2. The summed E-state index contributed by atoms with van der Waals surface area (Å²) in [6.07, 6.45) is 4.91. The smallest absolute Gasteiger partial charge is 0.387 e. The fourth-order valence-electron chi connectivity index (χ4n) is 4.64. The minimum Gasteiger partial charge on any atom is -0.433 e. The molecule has 1 aliphatic heterocycles. The number of fused-ring (bicyclic) bond motifs is 1. The molecule has 0 radical (unpaired) electrons. The van der Waals surface area contributed by atoms with Crippen molar-refractivity contribution in [1.29, 1.82) is 0 Å². The van der Waals surface area contributed by atoms with Gasteiger partial charge in [-0.25, -0.2) is 4.39 Å². The molecule has 0 bridgehead atoms. The van der Waals surface area contributed by atoms with Crippen molar-refractivity contribution in [2.24, 2.45) is 0 Å². The lowest BCUT2D eigenvalue weighted by molar-refractivity contribution is -0.0500. The molecule has 0 aliphatic carbocycles. The van der Waals surface area contributed by atoms with Crippen LogP contribution in [0.1, 0.15) is 23.7 Å². The monoisotopic (exact) mass is 531 g/mol. The van der Waals surface area contributed by atoms with Crippen molar-refractivity contribution in [2.45, 2.75) is 25.5 Å². The molecular formula is C26H24F3N3O4S. The van der Waals surface area contributed by atoms with E-state index in [1.165, 1.54) is 30.6 Å². The van der Waals surface area contributed by atoms with E-state index in [2.05, 4.69) is 15.0 Å². The van der Waals surface area contributed by atoms with Crippen LogP contribution in [-0.2, 0) is 0 Å². The highest BCUT2D eigenvalue weighted by Crippen LogP contribution is 2.50. The quantitative estimate of drug-likeness (QED) is 0.280. The van der Waals surface area contributed by atoms with Crippen LogP contribution in [0.25, 0.3) is 27.7 Å². The maximum Gasteiger partial charge on any atom is 0.387 e. The van der Waals surface area contributed by atoms with E-state index < -0.39 is 28.6 Å². The van der Waals surface area contributed by atoms with Crippen LogP contribution in [0.2, 0.25) is 0 Å². The molecule has 194 valence electrons. The Labute approximate surface area is 212 Å². The number of benzene rings is 2. The van der Waals surface area contributed by atoms with Crippen LogP contribution >= 0.6 is 10.6 Å². The van der Waals surface area contributed by atoms with Crippen LogP contribution in [0.3, 0.4) is 0 Å². The highest BCUT2D eigenvalue weighted by molar-refractivity contribution is 8.24. The first kappa shape index (κ1) is 25.1. The second-order valence-electron chi connectivity index (χ2n) is 9.32. The van der Waals surface area contributed by atoms with Crippen LogP contribution in [0.15, 0.2) is 67.1 Å². The molecule has 0 saturated carbocycles. The van der Waals surface area contributed by atoms with Gasteiger partial charge in [0.15, 0.2) is 0 Å².